The zero-order valence-corrected chi connectivity index (χ0v) is 20.5. The van der Waals surface area contributed by atoms with Gasteiger partial charge in [-0.2, -0.15) is 0 Å². The van der Waals surface area contributed by atoms with Crippen LogP contribution in [0.4, 0.5) is 0 Å². The second-order valence-electron chi connectivity index (χ2n) is 9.39. The number of amides is 1. The van der Waals surface area contributed by atoms with Crippen LogP contribution in [0.15, 0.2) is 40.9 Å². The molecular formula is C25H29BrN2OS. The monoisotopic (exact) mass is 484 g/mol. The van der Waals surface area contributed by atoms with E-state index in [1.165, 1.54) is 29.0 Å². The van der Waals surface area contributed by atoms with E-state index in [2.05, 4.69) is 67.1 Å². The van der Waals surface area contributed by atoms with E-state index in [0.29, 0.717) is 11.3 Å². The molecule has 1 aromatic carbocycles. The molecule has 1 unspecified atom stereocenters. The number of benzene rings is 1. The maximum absolute atomic E-state index is 13.0. The van der Waals surface area contributed by atoms with Gasteiger partial charge in [-0.25, -0.2) is 4.98 Å². The molecule has 1 amide bonds. The van der Waals surface area contributed by atoms with Crippen LogP contribution in [0.25, 0.3) is 10.2 Å². The molecule has 1 aliphatic rings. The number of aryl methyl sites for hydroxylation is 1. The molecule has 30 heavy (non-hydrogen) atoms. The van der Waals surface area contributed by atoms with Crippen LogP contribution in [-0.2, 0) is 12.8 Å². The fourth-order valence-corrected chi connectivity index (χ4v) is 5.70. The lowest BCUT2D eigenvalue weighted by Gasteiger charge is -2.34. The molecule has 2 atom stereocenters. The summed E-state index contributed by atoms with van der Waals surface area (Å²) >= 11 is 5.03. The van der Waals surface area contributed by atoms with Crippen molar-refractivity contribution >= 4 is 43.4 Å². The van der Waals surface area contributed by atoms with E-state index in [0.717, 1.165) is 44.4 Å². The zero-order chi connectivity index (χ0) is 21.5. The van der Waals surface area contributed by atoms with Crippen molar-refractivity contribution in [1.29, 1.82) is 0 Å². The van der Waals surface area contributed by atoms with Crippen molar-refractivity contribution in [2.24, 2.45) is 11.3 Å². The summed E-state index contributed by atoms with van der Waals surface area (Å²) in [4.78, 5) is 19.7. The number of aromatic nitrogens is 1. The molecule has 0 radical (unpaired) electrons. The summed E-state index contributed by atoms with van der Waals surface area (Å²) < 4.78 is 1.03. The third-order valence-corrected chi connectivity index (χ3v) is 7.82. The number of fused-ring (bicyclic) bond motifs is 2. The molecule has 1 aliphatic carbocycles. The van der Waals surface area contributed by atoms with Gasteiger partial charge in [0.1, 0.15) is 4.83 Å². The van der Waals surface area contributed by atoms with E-state index >= 15 is 0 Å². The molecule has 3 nitrogen and oxygen atoms in total. The first kappa shape index (κ1) is 21.5. The van der Waals surface area contributed by atoms with Crippen LogP contribution in [0, 0.1) is 11.3 Å². The molecule has 2 heterocycles. The second-order valence-corrected chi connectivity index (χ2v) is 11.3. The van der Waals surface area contributed by atoms with Crippen molar-refractivity contribution in [3.8, 4) is 0 Å². The molecule has 0 saturated carbocycles. The number of rotatable bonds is 4. The topological polar surface area (TPSA) is 42.0 Å². The van der Waals surface area contributed by atoms with Gasteiger partial charge < -0.3 is 5.32 Å². The Morgan fingerprint density at radius 1 is 1.30 bits per heavy atom. The third-order valence-electron chi connectivity index (χ3n) is 6.29. The highest BCUT2D eigenvalue weighted by Crippen LogP contribution is 2.38. The van der Waals surface area contributed by atoms with Gasteiger partial charge in [-0.3, -0.25) is 4.79 Å². The van der Waals surface area contributed by atoms with E-state index in [9.17, 15) is 4.79 Å². The molecule has 0 bridgehead atoms. The van der Waals surface area contributed by atoms with Crippen molar-refractivity contribution in [3.63, 3.8) is 0 Å². The quantitative estimate of drug-likeness (QED) is 0.429. The lowest BCUT2D eigenvalue weighted by atomic mass is 9.71. The minimum absolute atomic E-state index is 0.00563. The molecule has 0 spiro atoms. The number of pyridine rings is 1. The Hall–Kier alpha value is -1.72. The number of nitrogens with one attached hydrogen (secondary N) is 1. The Balaban J connectivity index is 1.57. The van der Waals surface area contributed by atoms with E-state index in [1.807, 2.05) is 18.2 Å². The summed E-state index contributed by atoms with van der Waals surface area (Å²) in [5, 5.41) is 4.30. The van der Waals surface area contributed by atoms with Crippen molar-refractivity contribution in [1.82, 2.24) is 10.3 Å². The van der Waals surface area contributed by atoms with Crippen molar-refractivity contribution in [2.75, 3.05) is 0 Å². The van der Waals surface area contributed by atoms with Gasteiger partial charge in [0.05, 0.1) is 10.9 Å². The molecule has 1 N–H and O–H groups in total. The van der Waals surface area contributed by atoms with Gasteiger partial charge in [-0.05, 0) is 72.4 Å². The predicted molar refractivity (Wildman–Crippen MR) is 129 cm³/mol. The molecule has 0 fully saturated rings. The Labute approximate surface area is 191 Å². The lowest BCUT2D eigenvalue weighted by Crippen LogP contribution is -2.27. The molecule has 0 saturated heterocycles. The van der Waals surface area contributed by atoms with Gasteiger partial charge in [-0.1, -0.05) is 55.8 Å². The van der Waals surface area contributed by atoms with Gasteiger partial charge in [0, 0.05) is 15.6 Å². The standard InChI is InChI=1S/C25H29BrN2OS/c1-5-20(15-7-6-8-19(26)13-15)27-23(29)22-14-17-11-16-12-18(25(2,3)4)9-10-21(16)28-24(17)30-22/h6-8,11,13-14,18,20H,5,9-10,12H2,1-4H3,(H,27,29)/t18?,20-/m1/s1. The number of carbonyl (C=O) groups is 1. The average molecular weight is 485 g/mol. The Morgan fingerprint density at radius 3 is 2.80 bits per heavy atom. The third kappa shape index (κ3) is 4.47. The Kier molecular flexibility index (Phi) is 6.04. The van der Waals surface area contributed by atoms with Gasteiger partial charge >= 0.3 is 0 Å². The average Bonchev–Trinajstić information content (AvgIpc) is 3.12. The Bertz CT molecular complexity index is 1080. The fourth-order valence-electron chi connectivity index (χ4n) is 4.35. The van der Waals surface area contributed by atoms with E-state index in [4.69, 9.17) is 4.98 Å². The van der Waals surface area contributed by atoms with E-state index in [1.54, 1.807) is 0 Å². The number of carbonyl (C=O) groups excluding carboxylic acids is 1. The van der Waals surface area contributed by atoms with Crippen LogP contribution >= 0.6 is 27.3 Å². The molecule has 5 heteroatoms. The van der Waals surface area contributed by atoms with Crippen LogP contribution in [0.1, 0.15) is 73.1 Å². The lowest BCUT2D eigenvalue weighted by molar-refractivity contribution is 0.0939. The minimum atomic E-state index is -0.0182. The minimum Gasteiger partial charge on any atom is -0.345 e. The summed E-state index contributed by atoms with van der Waals surface area (Å²) in [5.41, 5.74) is 4.01. The number of thiophene rings is 1. The fraction of sp³-hybridized carbons (Fsp3) is 0.440. The van der Waals surface area contributed by atoms with Crippen LogP contribution < -0.4 is 5.32 Å². The summed E-state index contributed by atoms with van der Waals surface area (Å²) in [7, 11) is 0. The largest absolute Gasteiger partial charge is 0.345 e. The first-order valence-corrected chi connectivity index (χ1v) is 12.3. The maximum Gasteiger partial charge on any atom is 0.261 e. The van der Waals surface area contributed by atoms with Gasteiger partial charge in [0.15, 0.2) is 0 Å². The van der Waals surface area contributed by atoms with Crippen LogP contribution in [0.2, 0.25) is 0 Å². The van der Waals surface area contributed by atoms with Crippen LogP contribution in [0.5, 0.6) is 0 Å². The predicted octanol–water partition coefficient (Wildman–Crippen LogP) is 7.09. The number of hydrogen-bond acceptors (Lipinski definition) is 3. The first-order chi connectivity index (χ1) is 14.2. The highest BCUT2D eigenvalue weighted by Gasteiger charge is 2.29. The van der Waals surface area contributed by atoms with Crippen molar-refractivity contribution in [3.05, 3.63) is 62.6 Å². The number of hydrogen-bond donors (Lipinski definition) is 1. The summed E-state index contributed by atoms with van der Waals surface area (Å²) in [6.45, 7) is 9.09. The summed E-state index contributed by atoms with van der Waals surface area (Å²) in [5.74, 6) is 0.663. The highest BCUT2D eigenvalue weighted by atomic mass is 79.9. The second kappa shape index (κ2) is 8.43. The molecule has 2 aromatic heterocycles. The van der Waals surface area contributed by atoms with E-state index < -0.39 is 0 Å². The maximum atomic E-state index is 13.0. The smallest absolute Gasteiger partial charge is 0.261 e. The van der Waals surface area contributed by atoms with Crippen molar-refractivity contribution in [2.45, 2.75) is 59.4 Å². The van der Waals surface area contributed by atoms with Gasteiger partial charge in [0.2, 0.25) is 0 Å². The van der Waals surface area contributed by atoms with Crippen LogP contribution in [0.3, 0.4) is 0 Å². The molecule has 4 rings (SSSR count). The van der Waals surface area contributed by atoms with E-state index in [-0.39, 0.29) is 11.9 Å². The van der Waals surface area contributed by atoms with Gasteiger partial charge in [0.25, 0.3) is 5.91 Å². The molecular weight excluding hydrogens is 456 g/mol. The Morgan fingerprint density at radius 2 is 2.10 bits per heavy atom. The SMILES string of the molecule is CC[C@@H](NC(=O)c1cc2cc3c(nc2s1)CCC(C(C)(C)C)C3)c1cccc(Br)c1. The zero-order valence-electron chi connectivity index (χ0n) is 18.1. The summed E-state index contributed by atoms with van der Waals surface area (Å²) in [6.07, 6.45) is 4.15. The molecule has 158 valence electrons. The van der Waals surface area contributed by atoms with Crippen molar-refractivity contribution < 1.29 is 4.79 Å². The number of halogens is 1. The normalized spacial score (nSPS) is 17.6. The molecule has 0 aliphatic heterocycles. The first-order valence-electron chi connectivity index (χ1n) is 10.7. The number of nitrogens with zero attached hydrogens (tertiary/aromatic N) is 1. The molecule has 3 aromatic rings. The van der Waals surface area contributed by atoms with Gasteiger partial charge in [-0.15, -0.1) is 11.3 Å². The van der Waals surface area contributed by atoms with Crippen LogP contribution in [-0.4, -0.2) is 10.9 Å². The summed E-state index contributed by atoms with van der Waals surface area (Å²) in [6, 6.07) is 12.4. The highest BCUT2D eigenvalue weighted by molar-refractivity contribution is 9.10.